The zero-order valence-corrected chi connectivity index (χ0v) is 24.1. The molecule has 0 atom stereocenters. The van der Waals surface area contributed by atoms with Crippen LogP contribution in [0, 0.1) is 6.92 Å². The number of hydrogen-bond acceptors (Lipinski definition) is 9. The molecule has 0 aliphatic heterocycles. The van der Waals surface area contributed by atoms with Gasteiger partial charge in [0, 0.05) is 49.0 Å². The number of benzene rings is 2. The first-order chi connectivity index (χ1) is 19.3. The van der Waals surface area contributed by atoms with Crippen molar-refractivity contribution in [2.45, 2.75) is 13.3 Å². The largest absolute Gasteiger partial charge is 0.495 e. The third-order valence-electron chi connectivity index (χ3n) is 6.18. The lowest BCUT2D eigenvalue weighted by Gasteiger charge is -2.17. The summed E-state index contributed by atoms with van der Waals surface area (Å²) in [4.78, 5) is 26.2. The van der Waals surface area contributed by atoms with Gasteiger partial charge in [-0.25, -0.2) is 15.0 Å². The third-order valence-corrected chi connectivity index (χ3v) is 6.93. The van der Waals surface area contributed by atoms with Crippen molar-refractivity contribution in [3.05, 3.63) is 70.4 Å². The van der Waals surface area contributed by atoms with E-state index in [-0.39, 0.29) is 12.2 Å². The van der Waals surface area contributed by atoms with Crippen LogP contribution in [0.4, 0.5) is 17.5 Å². The lowest BCUT2D eigenvalue weighted by molar-refractivity contribution is -0.114. The van der Waals surface area contributed by atoms with Gasteiger partial charge in [-0.2, -0.15) is 0 Å². The van der Waals surface area contributed by atoms with Crippen LogP contribution in [0.5, 0.6) is 11.5 Å². The average molecular weight is 582 g/mol. The monoisotopic (exact) mass is 581 g/mol. The van der Waals surface area contributed by atoms with Gasteiger partial charge in [0.1, 0.15) is 17.0 Å². The number of ketones is 1. The molecule has 9 nitrogen and oxygen atoms in total. The number of pyridine rings is 1. The molecule has 2 N–H and O–H groups in total. The van der Waals surface area contributed by atoms with Crippen molar-refractivity contribution in [2.24, 2.45) is 0 Å². The minimum Gasteiger partial charge on any atom is -0.495 e. The van der Waals surface area contributed by atoms with Gasteiger partial charge in [0.2, 0.25) is 5.95 Å². The van der Waals surface area contributed by atoms with E-state index in [4.69, 9.17) is 47.4 Å². The molecule has 0 spiro atoms. The Labute approximate surface area is 242 Å². The van der Waals surface area contributed by atoms with E-state index in [1.165, 1.54) is 20.3 Å². The molecular formula is C29H29Cl2N5O4. The lowest BCUT2D eigenvalue weighted by Crippen LogP contribution is -2.11. The molecule has 11 heteroatoms. The molecule has 40 heavy (non-hydrogen) atoms. The highest BCUT2D eigenvalue weighted by Crippen LogP contribution is 2.46. The van der Waals surface area contributed by atoms with Gasteiger partial charge in [-0.1, -0.05) is 48.0 Å². The minimum atomic E-state index is -0.0825. The van der Waals surface area contributed by atoms with Crippen molar-refractivity contribution in [3.8, 4) is 22.8 Å². The summed E-state index contributed by atoms with van der Waals surface area (Å²) in [6, 6.07) is 9.16. The predicted molar refractivity (Wildman–Crippen MR) is 160 cm³/mol. The summed E-state index contributed by atoms with van der Waals surface area (Å²) in [6.45, 7) is 6.45. The predicted octanol–water partition coefficient (Wildman–Crippen LogP) is 6.42. The molecule has 0 unspecified atom stereocenters. The summed E-state index contributed by atoms with van der Waals surface area (Å²) in [5.41, 5.74) is 4.02. The number of methoxy groups -OCH3 is 3. The van der Waals surface area contributed by atoms with Crippen molar-refractivity contribution in [3.63, 3.8) is 0 Å². The van der Waals surface area contributed by atoms with E-state index >= 15 is 0 Å². The van der Waals surface area contributed by atoms with E-state index < -0.39 is 0 Å². The number of para-hydroxylation sites is 1. The second kappa shape index (κ2) is 13.0. The number of nitrogens with one attached hydrogen (secondary N) is 2. The maximum atomic E-state index is 12.1. The molecule has 208 valence electrons. The molecule has 2 heterocycles. The summed E-state index contributed by atoms with van der Waals surface area (Å²) in [7, 11) is 4.64. The van der Waals surface area contributed by atoms with Crippen LogP contribution in [0.15, 0.2) is 49.2 Å². The number of fused-ring (bicyclic) bond motifs is 1. The smallest absolute Gasteiger partial charge is 0.227 e. The maximum Gasteiger partial charge on any atom is 0.227 e. The fourth-order valence-electron chi connectivity index (χ4n) is 4.16. The number of carbonyl (C=O) groups is 1. The van der Waals surface area contributed by atoms with Gasteiger partial charge in [-0.15, -0.1) is 0 Å². The van der Waals surface area contributed by atoms with E-state index in [1.807, 2.05) is 25.1 Å². The Balaban J connectivity index is 1.84. The topological polar surface area (TPSA) is 107 Å². The van der Waals surface area contributed by atoms with E-state index in [0.717, 1.165) is 16.8 Å². The highest BCUT2D eigenvalue weighted by Gasteiger charge is 2.22. The normalized spacial score (nSPS) is 10.8. The van der Waals surface area contributed by atoms with Gasteiger partial charge in [-0.05, 0) is 30.2 Å². The first-order valence-electron chi connectivity index (χ1n) is 12.3. The zero-order chi connectivity index (χ0) is 28.8. The molecule has 0 bridgehead atoms. The van der Waals surface area contributed by atoms with Gasteiger partial charge >= 0.3 is 0 Å². The molecule has 0 saturated carbocycles. The van der Waals surface area contributed by atoms with Crippen LogP contribution in [-0.4, -0.2) is 55.2 Å². The van der Waals surface area contributed by atoms with Crippen LogP contribution in [0.25, 0.3) is 22.2 Å². The van der Waals surface area contributed by atoms with Gasteiger partial charge in [0.05, 0.1) is 36.6 Å². The number of aryl methyl sites for hydroxylation is 1. The number of hydrogen-bond donors (Lipinski definition) is 2. The summed E-state index contributed by atoms with van der Waals surface area (Å²) >= 11 is 13.4. The fourth-order valence-corrected chi connectivity index (χ4v) is 4.85. The van der Waals surface area contributed by atoms with Crippen LogP contribution >= 0.6 is 23.2 Å². The Kier molecular flexibility index (Phi) is 9.42. The third kappa shape index (κ3) is 6.12. The van der Waals surface area contributed by atoms with Crippen molar-refractivity contribution in [1.29, 1.82) is 0 Å². The van der Waals surface area contributed by atoms with Crippen molar-refractivity contribution in [2.75, 3.05) is 45.1 Å². The molecule has 0 radical (unpaired) electrons. The van der Waals surface area contributed by atoms with Crippen molar-refractivity contribution in [1.82, 2.24) is 15.0 Å². The fraction of sp³-hybridized carbons (Fsp3) is 0.241. The molecule has 4 rings (SSSR count). The number of allylic oxidation sites excluding steroid dienone is 1. The molecule has 2 aromatic heterocycles. The summed E-state index contributed by atoms with van der Waals surface area (Å²) in [5, 5.41) is 7.85. The van der Waals surface area contributed by atoms with E-state index in [2.05, 4.69) is 22.2 Å². The van der Waals surface area contributed by atoms with Crippen molar-refractivity contribution < 1.29 is 19.0 Å². The summed E-state index contributed by atoms with van der Waals surface area (Å²) in [6.07, 6.45) is 3.21. The lowest BCUT2D eigenvalue weighted by atomic mass is 10.0. The van der Waals surface area contributed by atoms with Gasteiger partial charge in [0.15, 0.2) is 11.6 Å². The first kappa shape index (κ1) is 29.1. The number of carbonyl (C=O) groups excluding carboxylic acids is 1. The molecule has 0 fully saturated rings. The Hall–Kier alpha value is -3.92. The molecule has 0 saturated heterocycles. The Morgan fingerprint density at radius 1 is 1.07 bits per heavy atom. The summed E-state index contributed by atoms with van der Waals surface area (Å²) in [5.74, 6) is 1.54. The number of nitrogens with zero attached hydrogens (tertiary/aromatic N) is 3. The molecule has 2 aromatic carbocycles. The van der Waals surface area contributed by atoms with Gasteiger partial charge in [-0.3, -0.25) is 4.79 Å². The highest BCUT2D eigenvalue weighted by molar-refractivity contribution is 6.41. The Morgan fingerprint density at radius 2 is 1.80 bits per heavy atom. The standard InChI is InChI=1S/C29H29Cl2N5O4/c1-6-19(37)12-17-9-7-8-16(2)26(17)35-29-33-15-18-13-20(34-28(27(18)36-29)32-10-11-38-3)23-24(30)21(39-4)14-22(40-5)25(23)31/h6-9,13-15H,1,10-12H2,2-5H3,(H,32,34)(H,33,35,36). The number of ether oxygens (including phenoxy) is 3. The van der Waals surface area contributed by atoms with Crippen LogP contribution in [0.2, 0.25) is 10.0 Å². The number of aromatic nitrogens is 3. The van der Waals surface area contributed by atoms with Gasteiger partial charge in [0.25, 0.3) is 0 Å². The first-order valence-corrected chi connectivity index (χ1v) is 13.1. The maximum absolute atomic E-state index is 12.1. The molecular weight excluding hydrogens is 553 g/mol. The molecule has 0 aliphatic carbocycles. The van der Waals surface area contributed by atoms with E-state index in [9.17, 15) is 4.79 Å². The van der Waals surface area contributed by atoms with Crippen LogP contribution in [0.3, 0.4) is 0 Å². The molecule has 0 aliphatic rings. The number of anilines is 3. The van der Waals surface area contributed by atoms with E-state index in [0.29, 0.717) is 68.6 Å². The van der Waals surface area contributed by atoms with Crippen LogP contribution < -0.4 is 20.1 Å². The van der Waals surface area contributed by atoms with Crippen LogP contribution in [0.1, 0.15) is 11.1 Å². The second-order valence-corrected chi connectivity index (χ2v) is 9.53. The van der Waals surface area contributed by atoms with Crippen LogP contribution in [-0.2, 0) is 16.0 Å². The second-order valence-electron chi connectivity index (χ2n) is 8.77. The number of halogens is 2. The number of rotatable bonds is 12. The Bertz CT molecular complexity index is 1550. The van der Waals surface area contributed by atoms with Crippen molar-refractivity contribution >= 4 is 57.3 Å². The average Bonchev–Trinajstić information content (AvgIpc) is 2.95. The zero-order valence-electron chi connectivity index (χ0n) is 22.6. The van der Waals surface area contributed by atoms with E-state index in [1.54, 1.807) is 25.4 Å². The SMILES string of the molecule is C=CC(=O)Cc1cccc(C)c1Nc1ncc2cc(-c3c(Cl)c(OC)cc(OC)c3Cl)nc(NCCOC)c2n1. The minimum absolute atomic E-state index is 0.0825. The Morgan fingerprint density at radius 3 is 2.45 bits per heavy atom. The highest BCUT2D eigenvalue weighted by atomic mass is 35.5. The van der Waals surface area contributed by atoms with Gasteiger partial charge < -0.3 is 24.8 Å². The molecule has 0 amide bonds. The summed E-state index contributed by atoms with van der Waals surface area (Å²) < 4.78 is 16.1. The molecule has 4 aromatic rings. The quantitative estimate of drug-likeness (QED) is 0.144.